The fraction of sp³-hybridized carbons (Fsp3) is 0.464. The lowest BCUT2D eigenvalue weighted by Crippen LogP contribution is -2.35. The Balaban J connectivity index is 1.60. The molecule has 0 unspecified atom stereocenters. The average Bonchev–Trinajstić information content (AvgIpc) is 3.29. The van der Waals surface area contributed by atoms with Gasteiger partial charge >= 0.3 is 12.1 Å². The van der Waals surface area contributed by atoms with Crippen LogP contribution in [0.15, 0.2) is 42.5 Å². The Morgan fingerprint density at radius 1 is 1.17 bits per heavy atom. The topological polar surface area (TPSA) is 84.7 Å². The van der Waals surface area contributed by atoms with E-state index in [-0.39, 0.29) is 24.0 Å². The predicted molar refractivity (Wildman–Crippen MR) is 133 cm³/mol. The minimum Gasteiger partial charge on any atom is -0.481 e. The first-order valence-corrected chi connectivity index (χ1v) is 12.6. The van der Waals surface area contributed by atoms with E-state index in [0.29, 0.717) is 19.5 Å². The van der Waals surface area contributed by atoms with Gasteiger partial charge in [-0.1, -0.05) is 42.8 Å². The number of benzene rings is 2. The number of rotatable bonds is 5. The number of amides is 1. The second-order valence-corrected chi connectivity index (χ2v) is 9.99. The molecule has 2 aromatic carbocycles. The highest BCUT2D eigenvalue weighted by atomic mass is 16.5. The lowest BCUT2D eigenvalue weighted by atomic mass is 9.81. The van der Waals surface area contributed by atoms with Gasteiger partial charge in [-0.25, -0.2) is 9.78 Å². The molecule has 1 aliphatic carbocycles. The summed E-state index contributed by atoms with van der Waals surface area (Å²) in [5.41, 5.74) is 5.55. The first kappa shape index (κ1) is 23.4. The average molecular weight is 476 g/mol. The summed E-state index contributed by atoms with van der Waals surface area (Å²) in [7, 11) is 1.42. The molecular formula is C28H33N3O4. The summed E-state index contributed by atoms with van der Waals surface area (Å²) in [6.07, 6.45) is 4.50. The van der Waals surface area contributed by atoms with Crippen molar-refractivity contribution in [2.45, 2.75) is 64.0 Å². The number of imidazole rings is 1. The van der Waals surface area contributed by atoms with Crippen molar-refractivity contribution < 1.29 is 19.4 Å². The number of carbonyl (C=O) groups excluding carboxylic acids is 1. The molecule has 1 amide bonds. The molecule has 7 heteroatoms. The first-order valence-electron chi connectivity index (χ1n) is 12.6. The van der Waals surface area contributed by atoms with Crippen LogP contribution in [0.2, 0.25) is 0 Å². The molecule has 7 nitrogen and oxygen atoms in total. The molecule has 2 heterocycles. The zero-order chi connectivity index (χ0) is 24.5. The van der Waals surface area contributed by atoms with Crippen LogP contribution in [0.3, 0.4) is 0 Å². The predicted octanol–water partition coefficient (Wildman–Crippen LogP) is 5.32. The van der Waals surface area contributed by atoms with Crippen molar-refractivity contribution in [2.24, 2.45) is 5.92 Å². The Labute approximate surface area is 205 Å². The van der Waals surface area contributed by atoms with E-state index in [1.165, 1.54) is 18.2 Å². The van der Waals surface area contributed by atoms with E-state index in [4.69, 9.17) is 9.72 Å². The highest BCUT2D eigenvalue weighted by molar-refractivity contribution is 5.82. The number of hydrogen-bond donors (Lipinski definition) is 1. The number of nitrogens with zero attached hydrogens (tertiary/aromatic N) is 3. The highest BCUT2D eigenvalue weighted by Crippen LogP contribution is 2.40. The Kier molecular flexibility index (Phi) is 6.50. The van der Waals surface area contributed by atoms with Crippen LogP contribution in [0.5, 0.6) is 0 Å². The zero-order valence-electron chi connectivity index (χ0n) is 20.4. The van der Waals surface area contributed by atoms with Crippen LogP contribution in [0.25, 0.3) is 11.0 Å². The summed E-state index contributed by atoms with van der Waals surface area (Å²) >= 11 is 0. The Morgan fingerprint density at radius 3 is 2.71 bits per heavy atom. The fourth-order valence-electron chi connectivity index (χ4n) is 5.94. The third-order valence-electron chi connectivity index (χ3n) is 7.73. The standard InChI is InChI=1S/C28H33N3O4/c1-18(15-19-7-4-3-5-8-19)31-24-12-11-20-13-14-30(28(34)35-2)17-23(20)25(24)29-26(31)21-9-6-10-22(16-21)27(32)33/h3-5,7-8,11-12,18,21-22H,6,9-10,13-17H2,1-2H3,(H,32,33)/t18-,21-,22+/m1/s1. The molecule has 0 radical (unpaired) electrons. The van der Waals surface area contributed by atoms with Crippen molar-refractivity contribution in [1.29, 1.82) is 0 Å². The molecule has 1 aliphatic heterocycles. The second kappa shape index (κ2) is 9.72. The minimum atomic E-state index is -0.708. The van der Waals surface area contributed by atoms with E-state index >= 15 is 0 Å². The maximum atomic E-state index is 12.3. The summed E-state index contributed by atoms with van der Waals surface area (Å²) in [6.45, 7) is 3.33. The number of aromatic nitrogens is 2. The molecular weight excluding hydrogens is 442 g/mol. The summed E-state index contributed by atoms with van der Waals surface area (Å²) in [4.78, 5) is 31.0. The zero-order valence-corrected chi connectivity index (χ0v) is 20.4. The van der Waals surface area contributed by atoms with Crippen molar-refractivity contribution in [2.75, 3.05) is 13.7 Å². The SMILES string of the molecule is COC(=O)N1CCc2ccc3c(nc([C@@H]4CCC[C@H](C(=O)O)C4)n3[C@H](C)Cc3ccccc3)c2C1. The van der Waals surface area contributed by atoms with Gasteiger partial charge in [0.2, 0.25) is 0 Å². The Bertz CT molecular complexity index is 1240. The third kappa shape index (κ3) is 4.51. The van der Waals surface area contributed by atoms with Gasteiger partial charge in [0.1, 0.15) is 5.82 Å². The molecule has 35 heavy (non-hydrogen) atoms. The van der Waals surface area contributed by atoms with Gasteiger partial charge in [-0.2, -0.15) is 0 Å². The second-order valence-electron chi connectivity index (χ2n) is 9.99. The van der Waals surface area contributed by atoms with Crippen molar-refractivity contribution in [3.63, 3.8) is 0 Å². The molecule has 0 spiro atoms. The number of carboxylic acids is 1. The van der Waals surface area contributed by atoms with E-state index in [2.05, 4.69) is 47.9 Å². The van der Waals surface area contributed by atoms with Gasteiger partial charge in [-0.05, 0) is 56.2 Å². The molecule has 1 fully saturated rings. The van der Waals surface area contributed by atoms with Crippen molar-refractivity contribution >= 4 is 23.1 Å². The summed E-state index contributed by atoms with van der Waals surface area (Å²) in [5, 5.41) is 9.70. The van der Waals surface area contributed by atoms with Crippen LogP contribution in [0, 0.1) is 5.92 Å². The van der Waals surface area contributed by atoms with Crippen LogP contribution in [-0.2, 0) is 28.9 Å². The molecule has 3 atom stereocenters. The number of carbonyl (C=O) groups is 2. The number of methoxy groups -OCH3 is 1. The smallest absolute Gasteiger partial charge is 0.409 e. The quantitative estimate of drug-likeness (QED) is 0.540. The third-order valence-corrected chi connectivity index (χ3v) is 7.73. The maximum absolute atomic E-state index is 12.3. The highest BCUT2D eigenvalue weighted by Gasteiger charge is 2.33. The first-order chi connectivity index (χ1) is 17.0. The molecule has 3 aromatic rings. The van der Waals surface area contributed by atoms with Crippen LogP contribution < -0.4 is 0 Å². The molecule has 184 valence electrons. The van der Waals surface area contributed by atoms with Gasteiger partial charge in [-0.15, -0.1) is 0 Å². The molecule has 1 aromatic heterocycles. The number of carboxylic acid groups (broad SMARTS) is 1. The summed E-state index contributed by atoms with van der Waals surface area (Å²) in [5.74, 6) is 0.0559. The fourth-order valence-corrected chi connectivity index (χ4v) is 5.94. The minimum absolute atomic E-state index is 0.103. The van der Waals surface area contributed by atoms with Crippen LogP contribution in [0.4, 0.5) is 4.79 Å². The molecule has 0 bridgehead atoms. The lowest BCUT2D eigenvalue weighted by Gasteiger charge is -2.28. The van der Waals surface area contributed by atoms with E-state index in [1.54, 1.807) is 4.90 Å². The Hall–Kier alpha value is -3.35. The Morgan fingerprint density at radius 2 is 1.97 bits per heavy atom. The van der Waals surface area contributed by atoms with Crippen molar-refractivity contribution in [3.05, 3.63) is 65.0 Å². The maximum Gasteiger partial charge on any atom is 0.409 e. The largest absolute Gasteiger partial charge is 0.481 e. The number of hydrogen-bond acceptors (Lipinski definition) is 4. The number of aliphatic carboxylic acids is 1. The van der Waals surface area contributed by atoms with Gasteiger partial charge in [0.25, 0.3) is 0 Å². The van der Waals surface area contributed by atoms with E-state index in [1.807, 2.05) is 6.07 Å². The normalized spacial score (nSPS) is 20.9. The summed E-state index contributed by atoms with van der Waals surface area (Å²) < 4.78 is 7.33. The molecule has 2 aliphatic rings. The molecule has 5 rings (SSSR count). The van der Waals surface area contributed by atoms with Gasteiger partial charge in [-0.3, -0.25) is 4.79 Å². The number of fused-ring (bicyclic) bond motifs is 3. The van der Waals surface area contributed by atoms with E-state index in [9.17, 15) is 14.7 Å². The molecule has 1 saturated carbocycles. The van der Waals surface area contributed by atoms with Gasteiger partial charge < -0.3 is 19.3 Å². The van der Waals surface area contributed by atoms with Crippen LogP contribution in [-0.4, -0.2) is 45.3 Å². The van der Waals surface area contributed by atoms with Crippen molar-refractivity contribution in [3.8, 4) is 0 Å². The lowest BCUT2D eigenvalue weighted by molar-refractivity contribution is -0.143. The van der Waals surface area contributed by atoms with Gasteiger partial charge in [0, 0.05) is 24.1 Å². The monoisotopic (exact) mass is 475 g/mol. The summed E-state index contributed by atoms with van der Waals surface area (Å²) in [6, 6.07) is 14.9. The molecule has 0 saturated heterocycles. The van der Waals surface area contributed by atoms with Gasteiger partial charge in [0.05, 0.1) is 30.6 Å². The van der Waals surface area contributed by atoms with Gasteiger partial charge in [0.15, 0.2) is 0 Å². The van der Waals surface area contributed by atoms with Crippen LogP contribution >= 0.6 is 0 Å². The van der Waals surface area contributed by atoms with Crippen LogP contribution in [0.1, 0.15) is 67.1 Å². The van der Waals surface area contributed by atoms with Crippen molar-refractivity contribution in [1.82, 2.24) is 14.5 Å². The van der Waals surface area contributed by atoms with E-state index < -0.39 is 5.97 Å². The van der Waals surface area contributed by atoms with E-state index in [0.717, 1.165) is 54.5 Å². The number of ether oxygens (including phenoxy) is 1. The molecule has 1 N–H and O–H groups in total.